The SMILES string of the molecule is CCC1CCC(NC(=O)CCCNC(=O)c2ccc(Cl)cc2)CC1. The first-order chi connectivity index (χ1) is 11.6. The van der Waals surface area contributed by atoms with Crippen molar-refractivity contribution in [3.63, 3.8) is 0 Å². The molecule has 0 aromatic heterocycles. The Kier molecular flexibility index (Phi) is 7.57. The second kappa shape index (κ2) is 9.67. The summed E-state index contributed by atoms with van der Waals surface area (Å²) in [7, 11) is 0. The zero-order chi connectivity index (χ0) is 17.4. The zero-order valence-electron chi connectivity index (χ0n) is 14.3. The molecule has 0 aliphatic heterocycles. The van der Waals surface area contributed by atoms with Crippen LogP contribution in [0.3, 0.4) is 0 Å². The smallest absolute Gasteiger partial charge is 0.251 e. The van der Waals surface area contributed by atoms with Crippen LogP contribution in [0.5, 0.6) is 0 Å². The van der Waals surface area contributed by atoms with Gasteiger partial charge in [0, 0.05) is 29.6 Å². The molecule has 1 aromatic rings. The van der Waals surface area contributed by atoms with Crippen LogP contribution in [0.4, 0.5) is 0 Å². The van der Waals surface area contributed by atoms with Crippen molar-refractivity contribution in [3.8, 4) is 0 Å². The largest absolute Gasteiger partial charge is 0.353 e. The first-order valence-electron chi connectivity index (χ1n) is 8.91. The molecule has 0 spiro atoms. The van der Waals surface area contributed by atoms with Gasteiger partial charge in [0.05, 0.1) is 0 Å². The highest BCUT2D eigenvalue weighted by molar-refractivity contribution is 6.30. The van der Waals surface area contributed by atoms with Crippen molar-refractivity contribution in [2.45, 2.75) is 57.9 Å². The van der Waals surface area contributed by atoms with Gasteiger partial charge in [-0.15, -0.1) is 0 Å². The van der Waals surface area contributed by atoms with Gasteiger partial charge in [0.25, 0.3) is 5.91 Å². The van der Waals surface area contributed by atoms with Crippen LogP contribution in [0.15, 0.2) is 24.3 Å². The summed E-state index contributed by atoms with van der Waals surface area (Å²) >= 11 is 5.80. The normalized spacial score (nSPS) is 20.4. The molecule has 0 unspecified atom stereocenters. The molecule has 2 amide bonds. The Morgan fingerprint density at radius 3 is 2.42 bits per heavy atom. The van der Waals surface area contributed by atoms with E-state index in [1.807, 2.05) is 0 Å². The molecule has 0 saturated heterocycles. The lowest BCUT2D eigenvalue weighted by molar-refractivity contribution is -0.122. The minimum atomic E-state index is -0.134. The van der Waals surface area contributed by atoms with E-state index in [-0.39, 0.29) is 11.8 Å². The van der Waals surface area contributed by atoms with Gasteiger partial charge >= 0.3 is 0 Å². The topological polar surface area (TPSA) is 58.2 Å². The van der Waals surface area contributed by atoms with Crippen molar-refractivity contribution in [3.05, 3.63) is 34.9 Å². The Bertz CT molecular complexity index is 537. The molecule has 5 heteroatoms. The fourth-order valence-electron chi connectivity index (χ4n) is 3.17. The summed E-state index contributed by atoms with van der Waals surface area (Å²) in [4.78, 5) is 23.9. The highest BCUT2D eigenvalue weighted by Crippen LogP contribution is 2.26. The lowest BCUT2D eigenvalue weighted by atomic mass is 9.84. The molecule has 1 fully saturated rings. The number of benzene rings is 1. The number of carbonyl (C=O) groups excluding carboxylic acids is 2. The summed E-state index contributed by atoms with van der Waals surface area (Å²) in [6, 6.07) is 7.10. The molecule has 2 rings (SSSR count). The highest BCUT2D eigenvalue weighted by Gasteiger charge is 2.20. The van der Waals surface area contributed by atoms with E-state index in [9.17, 15) is 9.59 Å². The minimum Gasteiger partial charge on any atom is -0.353 e. The minimum absolute atomic E-state index is 0.0932. The van der Waals surface area contributed by atoms with Gasteiger partial charge in [0.15, 0.2) is 0 Å². The molecule has 1 saturated carbocycles. The molecule has 1 aromatic carbocycles. The Balaban J connectivity index is 1.59. The van der Waals surface area contributed by atoms with Gasteiger partial charge < -0.3 is 10.6 Å². The van der Waals surface area contributed by atoms with E-state index in [0.717, 1.165) is 18.8 Å². The van der Waals surface area contributed by atoms with Gasteiger partial charge in [-0.3, -0.25) is 9.59 Å². The molecule has 1 aliphatic rings. The third kappa shape index (κ3) is 6.16. The summed E-state index contributed by atoms with van der Waals surface area (Å²) in [5.74, 6) is 0.793. The van der Waals surface area contributed by atoms with Gasteiger partial charge in [-0.25, -0.2) is 0 Å². The van der Waals surface area contributed by atoms with E-state index >= 15 is 0 Å². The lowest BCUT2D eigenvalue weighted by Crippen LogP contribution is -2.37. The molecule has 0 heterocycles. The molecular weight excluding hydrogens is 324 g/mol. The Hall–Kier alpha value is -1.55. The molecule has 0 atom stereocenters. The first kappa shape index (κ1) is 18.8. The van der Waals surface area contributed by atoms with Crippen LogP contribution in [-0.2, 0) is 4.79 Å². The summed E-state index contributed by atoms with van der Waals surface area (Å²) in [5.41, 5.74) is 0.580. The van der Waals surface area contributed by atoms with Gasteiger partial charge in [0.1, 0.15) is 0 Å². The first-order valence-corrected chi connectivity index (χ1v) is 9.29. The standard InChI is InChI=1S/C19H27ClN2O2/c1-2-14-5-11-17(12-6-14)22-18(23)4-3-13-21-19(24)15-7-9-16(20)10-8-15/h7-10,14,17H,2-6,11-13H2,1H3,(H,21,24)(H,22,23). The molecule has 0 radical (unpaired) electrons. The second-order valence-electron chi connectivity index (χ2n) is 6.56. The number of hydrogen-bond donors (Lipinski definition) is 2. The Labute approximate surface area is 149 Å². The maximum Gasteiger partial charge on any atom is 0.251 e. The van der Waals surface area contributed by atoms with Crippen LogP contribution in [0.1, 0.15) is 62.2 Å². The summed E-state index contributed by atoms with van der Waals surface area (Å²) < 4.78 is 0. The van der Waals surface area contributed by atoms with Crippen molar-refractivity contribution in [2.75, 3.05) is 6.54 Å². The van der Waals surface area contributed by atoms with E-state index in [1.165, 1.54) is 19.3 Å². The Morgan fingerprint density at radius 1 is 1.12 bits per heavy atom. The van der Waals surface area contributed by atoms with E-state index in [1.54, 1.807) is 24.3 Å². The summed E-state index contributed by atoms with van der Waals surface area (Å²) in [6.07, 6.45) is 6.98. The molecule has 1 aliphatic carbocycles. The van der Waals surface area contributed by atoms with Crippen molar-refractivity contribution < 1.29 is 9.59 Å². The number of rotatable bonds is 7. The average Bonchev–Trinajstić information content (AvgIpc) is 2.60. The summed E-state index contributed by atoms with van der Waals surface area (Å²) in [6.45, 7) is 2.74. The van der Waals surface area contributed by atoms with Gasteiger partial charge in [-0.2, -0.15) is 0 Å². The van der Waals surface area contributed by atoms with Gasteiger partial charge in [0.2, 0.25) is 5.91 Å². The maximum absolute atomic E-state index is 12.0. The van der Waals surface area contributed by atoms with Crippen molar-refractivity contribution in [1.29, 1.82) is 0 Å². The third-order valence-electron chi connectivity index (χ3n) is 4.76. The number of amides is 2. The van der Waals surface area contributed by atoms with E-state index in [0.29, 0.717) is 36.0 Å². The summed E-state index contributed by atoms with van der Waals surface area (Å²) in [5, 5.41) is 6.56. The van der Waals surface area contributed by atoms with E-state index in [2.05, 4.69) is 17.6 Å². The number of carbonyl (C=O) groups is 2. The lowest BCUT2D eigenvalue weighted by Gasteiger charge is -2.28. The van der Waals surface area contributed by atoms with Gasteiger partial charge in [-0.05, 0) is 62.3 Å². The van der Waals surface area contributed by atoms with Crippen LogP contribution in [-0.4, -0.2) is 24.4 Å². The highest BCUT2D eigenvalue weighted by atomic mass is 35.5. The van der Waals surface area contributed by atoms with Crippen LogP contribution < -0.4 is 10.6 Å². The molecular formula is C19H27ClN2O2. The third-order valence-corrected chi connectivity index (χ3v) is 5.01. The average molecular weight is 351 g/mol. The van der Waals surface area contributed by atoms with E-state index < -0.39 is 0 Å². The molecule has 24 heavy (non-hydrogen) atoms. The van der Waals surface area contributed by atoms with Crippen molar-refractivity contribution >= 4 is 23.4 Å². The number of halogens is 1. The van der Waals surface area contributed by atoms with Crippen LogP contribution in [0, 0.1) is 5.92 Å². The van der Waals surface area contributed by atoms with Gasteiger partial charge in [-0.1, -0.05) is 24.9 Å². The fraction of sp³-hybridized carbons (Fsp3) is 0.579. The predicted octanol–water partition coefficient (Wildman–Crippen LogP) is 3.94. The molecule has 2 N–H and O–H groups in total. The van der Waals surface area contributed by atoms with Crippen LogP contribution in [0.25, 0.3) is 0 Å². The van der Waals surface area contributed by atoms with Crippen molar-refractivity contribution in [1.82, 2.24) is 10.6 Å². The quantitative estimate of drug-likeness (QED) is 0.732. The second-order valence-corrected chi connectivity index (χ2v) is 7.00. The Morgan fingerprint density at radius 2 is 1.79 bits per heavy atom. The predicted molar refractivity (Wildman–Crippen MR) is 97.2 cm³/mol. The van der Waals surface area contributed by atoms with Crippen LogP contribution >= 0.6 is 11.6 Å². The maximum atomic E-state index is 12.0. The number of hydrogen-bond acceptors (Lipinski definition) is 2. The van der Waals surface area contributed by atoms with E-state index in [4.69, 9.17) is 11.6 Å². The monoisotopic (exact) mass is 350 g/mol. The van der Waals surface area contributed by atoms with Crippen LogP contribution in [0.2, 0.25) is 5.02 Å². The zero-order valence-corrected chi connectivity index (χ0v) is 15.1. The molecule has 0 bridgehead atoms. The fourth-order valence-corrected chi connectivity index (χ4v) is 3.30. The number of nitrogens with one attached hydrogen (secondary N) is 2. The van der Waals surface area contributed by atoms with Crippen molar-refractivity contribution in [2.24, 2.45) is 5.92 Å². The molecule has 132 valence electrons. The molecule has 4 nitrogen and oxygen atoms in total.